The highest BCUT2D eigenvalue weighted by Crippen LogP contribution is 2.17. The van der Waals surface area contributed by atoms with E-state index in [1.807, 2.05) is 0 Å². The molecular formula is C12H14N2O4S. The summed E-state index contributed by atoms with van der Waals surface area (Å²) in [6, 6.07) is 4.59. The van der Waals surface area contributed by atoms with Gasteiger partial charge in [-0.05, 0) is 38.1 Å². The summed E-state index contributed by atoms with van der Waals surface area (Å²) in [5.41, 5.74) is 0.375. The molecular weight excluding hydrogens is 268 g/mol. The summed E-state index contributed by atoms with van der Waals surface area (Å²) in [6.07, 6.45) is 1.10. The average molecular weight is 282 g/mol. The number of hydrogen-bond donors (Lipinski definition) is 0. The first-order valence-electron chi connectivity index (χ1n) is 5.43. The minimum Gasteiger partial charge on any atom is -0.297 e. The standard InChI is InChI=1S/C12H14N2O4S/c1-8(15)12(9(2)16)14-13-10-4-6-11(7-5-10)19(3,17)18/h4-7,12H,1-3H3. The second-order valence-corrected chi connectivity index (χ2v) is 6.12. The fraction of sp³-hybridized carbons (Fsp3) is 0.333. The van der Waals surface area contributed by atoms with E-state index in [-0.39, 0.29) is 16.5 Å². The van der Waals surface area contributed by atoms with Crippen LogP contribution in [0.1, 0.15) is 13.8 Å². The third-order valence-electron chi connectivity index (χ3n) is 2.32. The highest BCUT2D eigenvalue weighted by molar-refractivity contribution is 7.90. The largest absolute Gasteiger partial charge is 0.297 e. The van der Waals surface area contributed by atoms with E-state index in [4.69, 9.17) is 0 Å². The zero-order valence-electron chi connectivity index (χ0n) is 10.8. The van der Waals surface area contributed by atoms with Crippen LogP contribution < -0.4 is 0 Å². The van der Waals surface area contributed by atoms with E-state index in [1.165, 1.54) is 38.1 Å². The van der Waals surface area contributed by atoms with Crippen molar-refractivity contribution in [1.82, 2.24) is 0 Å². The van der Waals surface area contributed by atoms with Crippen molar-refractivity contribution in [2.45, 2.75) is 24.8 Å². The predicted molar refractivity (Wildman–Crippen MR) is 69.2 cm³/mol. The summed E-state index contributed by atoms with van der Waals surface area (Å²) in [6.45, 7) is 2.52. The molecule has 0 amide bonds. The van der Waals surface area contributed by atoms with Crippen LogP contribution in [-0.4, -0.2) is 32.3 Å². The summed E-state index contributed by atoms with van der Waals surface area (Å²) in [4.78, 5) is 22.4. The second kappa shape index (κ2) is 5.83. The van der Waals surface area contributed by atoms with Gasteiger partial charge in [0.2, 0.25) is 0 Å². The highest BCUT2D eigenvalue weighted by Gasteiger charge is 2.18. The van der Waals surface area contributed by atoms with Gasteiger partial charge in [0, 0.05) is 6.26 Å². The Bertz CT molecular complexity index is 604. The molecule has 0 aliphatic rings. The van der Waals surface area contributed by atoms with Crippen molar-refractivity contribution < 1.29 is 18.0 Å². The molecule has 0 radical (unpaired) electrons. The molecule has 0 atom stereocenters. The van der Waals surface area contributed by atoms with Gasteiger partial charge in [0.25, 0.3) is 0 Å². The van der Waals surface area contributed by atoms with Gasteiger partial charge in [0.1, 0.15) is 0 Å². The number of Topliss-reactive ketones (excluding diaryl/α,β-unsaturated/α-hetero) is 2. The van der Waals surface area contributed by atoms with Crippen molar-refractivity contribution in [1.29, 1.82) is 0 Å². The summed E-state index contributed by atoms with van der Waals surface area (Å²) >= 11 is 0. The number of ketones is 2. The zero-order chi connectivity index (χ0) is 14.6. The minimum atomic E-state index is -3.26. The van der Waals surface area contributed by atoms with Crippen LogP contribution in [0, 0.1) is 0 Å². The van der Waals surface area contributed by atoms with E-state index in [9.17, 15) is 18.0 Å². The van der Waals surface area contributed by atoms with Gasteiger partial charge < -0.3 is 0 Å². The topological polar surface area (TPSA) is 93.0 Å². The normalized spacial score (nSPS) is 12.0. The summed E-state index contributed by atoms with van der Waals surface area (Å²) in [7, 11) is -3.26. The van der Waals surface area contributed by atoms with Crippen molar-refractivity contribution in [3.63, 3.8) is 0 Å². The fourth-order valence-corrected chi connectivity index (χ4v) is 1.96. The Morgan fingerprint density at radius 3 is 1.89 bits per heavy atom. The molecule has 1 aromatic rings. The Kier molecular flexibility index (Phi) is 4.66. The van der Waals surface area contributed by atoms with Crippen molar-refractivity contribution in [2.24, 2.45) is 10.2 Å². The summed E-state index contributed by atoms with van der Waals surface area (Å²) in [5.74, 6) is -0.770. The van der Waals surface area contributed by atoms with Gasteiger partial charge in [0.15, 0.2) is 27.4 Å². The molecule has 0 heterocycles. The Morgan fingerprint density at radius 2 is 1.53 bits per heavy atom. The number of carbonyl (C=O) groups excluding carboxylic acids is 2. The van der Waals surface area contributed by atoms with Gasteiger partial charge in [-0.1, -0.05) is 0 Å². The van der Waals surface area contributed by atoms with Crippen LogP contribution in [0.2, 0.25) is 0 Å². The quantitative estimate of drug-likeness (QED) is 0.607. The van der Waals surface area contributed by atoms with Gasteiger partial charge in [-0.3, -0.25) is 9.59 Å². The van der Waals surface area contributed by atoms with E-state index >= 15 is 0 Å². The van der Waals surface area contributed by atoms with Crippen LogP contribution >= 0.6 is 0 Å². The Hall–Kier alpha value is -1.89. The van der Waals surface area contributed by atoms with Crippen LogP contribution in [0.3, 0.4) is 0 Å². The van der Waals surface area contributed by atoms with Crippen molar-refractivity contribution >= 4 is 27.1 Å². The smallest absolute Gasteiger partial charge is 0.187 e. The predicted octanol–water partition coefficient (Wildman–Crippen LogP) is 1.72. The maximum atomic E-state index is 11.2. The number of hydrogen-bond acceptors (Lipinski definition) is 6. The molecule has 102 valence electrons. The molecule has 0 N–H and O–H groups in total. The minimum absolute atomic E-state index is 0.168. The molecule has 0 aliphatic heterocycles. The molecule has 0 saturated heterocycles. The van der Waals surface area contributed by atoms with Gasteiger partial charge in [-0.25, -0.2) is 8.42 Å². The van der Waals surface area contributed by atoms with E-state index < -0.39 is 15.9 Å². The van der Waals surface area contributed by atoms with Crippen LogP contribution in [0.15, 0.2) is 39.4 Å². The highest BCUT2D eigenvalue weighted by atomic mass is 32.2. The van der Waals surface area contributed by atoms with E-state index in [1.54, 1.807) is 0 Å². The first kappa shape index (κ1) is 15.2. The molecule has 1 aromatic carbocycles. The van der Waals surface area contributed by atoms with E-state index in [0.29, 0.717) is 5.69 Å². The first-order chi connectivity index (χ1) is 8.71. The molecule has 0 spiro atoms. The molecule has 6 nitrogen and oxygen atoms in total. The lowest BCUT2D eigenvalue weighted by molar-refractivity contribution is -0.126. The third-order valence-corrected chi connectivity index (χ3v) is 3.45. The number of azo groups is 1. The van der Waals surface area contributed by atoms with Crippen LogP contribution in [0.5, 0.6) is 0 Å². The summed E-state index contributed by atoms with van der Waals surface area (Å²) < 4.78 is 22.5. The number of benzene rings is 1. The van der Waals surface area contributed by atoms with Crippen molar-refractivity contribution in [3.8, 4) is 0 Å². The lowest BCUT2D eigenvalue weighted by Gasteiger charge is -2.02. The van der Waals surface area contributed by atoms with Crippen molar-refractivity contribution in [3.05, 3.63) is 24.3 Å². The lowest BCUT2D eigenvalue weighted by atomic mass is 10.1. The lowest BCUT2D eigenvalue weighted by Crippen LogP contribution is -2.23. The molecule has 0 saturated carbocycles. The second-order valence-electron chi connectivity index (χ2n) is 4.11. The number of nitrogens with zero attached hydrogens (tertiary/aromatic N) is 2. The van der Waals surface area contributed by atoms with Crippen LogP contribution in [-0.2, 0) is 19.4 Å². The van der Waals surface area contributed by atoms with Gasteiger partial charge >= 0.3 is 0 Å². The molecule has 0 aromatic heterocycles. The fourth-order valence-electron chi connectivity index (χ4n) is 1.33. The number of rotatable bonds is 5. The maximum absolute atomic E-state index is 11.2. The number of sulfone groups is 1. The van der Waals surface area contributed by atoms with E-state index in [2.05, 4.69) is 10.2 Å². The first-order valence-corrected chi connectivity index (χ1v) is 7.33. The van der Waals surface area contributed by atoms with Crippen LogP contribution in [0.25, 0.3) is 0 Å². The molecule has 0 unspecified atom stereocenters. The molecule has 0 bridgehead atoms. The van der Waals surface area contributed by atoms with Crippen molar-refractivity contribution in [2.75, 3.05) is 6.26 Å². The van der Waals surface area contributed by atoms with Gasteiger partial charge in [-0.2, -0.15) is 10.2 Å². The molecule has 0 fully saturated rings. The zero-order valence-corrected chi connectivity index (χ0v) is 11.6. The Balaban J connectivity index is 2.95. The Labute approximate surface area is 111 Å². The SMILES string of the molecule is CC(=O)C(N=Nc1ccc(S(C)(=O)=O)cc1)C(C)=O. The molecule has 0 aliphatic carbocycles. The van der Waals surface area contributed by atoms with Crippen LogP contribution in [0.4, 0.5) is 5.69 Å². The molecule has 1 rings (SSSR count). The maximum Gasteiger partial charge on any atom is 0.187 e. The molecule has 19 heavy (non-hydrogen) atoms. The third kappa shape index (κ3) is 4.36. The van der Waals surface area contributed by atoms with Gasteiger partial charge in [-0.15, -0.1) is 0 Å². The number of carbonyl (C=O) groups is 2. The monoisotopic (exact) mass is 282 g/mol. The Morgan fingerprint density at radius 1 is 1.05 bits per heavy atom. The molecule has 7 heteroatoms. The van der Waals surface area contributed by atoms with Gasteiger partial charge in [0.05, 0.1) is 10.6 Å². The van der Waals surface area contributed by atoms with E-state index in [0.717, 1.165) is 6.26 Å². The average Bonchev–Trinajstić information content (AvgIpc) is 2.27. The summed E-state index contributed by atoms with van der Waals surface area (Å²) in [5, 5.41) is 7.42.